The Balaban J connectivity index is 0.000000414. The largest absolute Gasteiger partial charge is 0.488 e. The summed E-state index contributed by atoms with van der Waals surface area (Å²) in [6.45, 7) is 6.79. The first-order chi connectivity index (χ1) is 17.5. The molecular formula is C30H34BNO5. The number of pyridine rings is 1. The van der Waals surface area contributed by atoms with Crippen molar-refractivity contribution in [3.63, 3.8) is 0 Å². The van der Waals surface area contributed by atoms with Gasteiger partial charge in [-0.3, -0.25) is 0 Å². The lowest BCUT2D eigenvalue weighted by atomic mass is 9.79. The van der Waals surface area contributed by atoms with Crippen LogP contribution in [0.4, 0.5) is 0 Å². The van der Waals surface area contributed by atoms with Crippen molar-refractivity contribution in [1.82, 2.24) is 4.98 Å². The van der Waals surface area contributed by atoms with Gasteiger partial charge in [-0.25, -0.2) is 4.98 Å². The van der Waals surface area contributed by atoms with Gasteiger partial charge in [0.05, 0.1) is 22.6 Å². The van der Waals surface area contributed by atoms with E-state index in [-0.39, 0.29) is 0 Å². The Morgan fingerprint density at radius 2 is 1.30 bits per heavy atom. The fourth-order valence-electron chi connectivity index (χ4n) is 3.14. The zero-order chi connectivity index (χ0) is 27.1. The van der Waals surface area contributed by atoms with Crippen molar-refractivity contribution in [3.8, 4) is 28.3 Å². The van der Waals surface area contributed by atoms with Crippen molar-refractivity contribution in [3.05, 3.63) is 103 Å². The van der Waals surface area contributed by atoms with Crippen LogP contribution in [0, 0.1) is 0 Å². The van der Waals surface area contributed by atoms with E-state index in [4.69, 9.17) is 19.9 Å². The molecule has 37 heavy (non-hydrogen) atoms. The van der Waals surface area contributed by atoms with Gasteiger partial charge in [0.15, 0.2) is 0 Å². The lowest BCUT2D eigenvalue weighted by molar-refractivity contribution is -0.107. The maximum absolute atomic E-state index is 9.44. The molecule has 0 aliphatic rings. The number of benzene rings is 3. The molecule has 192 valence electrons. The van der Waals surface area contributed by atoms with Gasteiger partial charge in [-0.1, -0.05) is 72.8 Å². The Labute approximate surface area is 219 Å². The second-order valence-electron chi connectivity index (χ2n) is 9.80. The van der Waals surface area contributed by atoms with Gasteiger partial charge in [0.25, 0.3) is 0 Å². The molecular weight excluding hydrogens is 465 g/mol. The zero-order valence-electron chi connectivity index (χ0n) is 21.7. The molecule has 0 atom stereocenters. The minimum absolute atomic E-state index is 0.432. The third-order valence-corrected chi connectivity index (χ3v) is 6.13. The van der Waals surface area contributed by atoms with Crippen molar-refractivity contribution in [2.24, 2.45) is 0 Å². The lowest BCUT2D eigenvalue weighted by Crippen LogP contribution is -2.44. The standard InChI is InChI=1S/C24H20BNO3.C6H14O2/c27-25(28)20-11-6-10-19(16-20)22-13-7-14-23(26-22)21-12-4-5-15-24(21)29-17-18-8-2-1-3-9-18;1-5(2,7)6(3,4)8/h1-16,27-28H,17H2;7-8H,1-4H3. The van der Waals surface area contributed by atoms with Crippen LogP contribution in [0.1, 0.15) is 33.3 Å². The topological polar surface area (TPSA) is 103 Å². The molecule has 0 saturated carbocycles. The molecule has 7 heteroatoms. The van der Waals surface area contributed by atoms with Gasteiger partial charge in [-0.2, -0.15) is 0 Å². The Kier molecular flexibility index (Phi) is 9.24. The smallest absolute Gasteiger partial charge is 0.488 e. The summed E-state index contributed by atoms with van der Waals surface area (Å²) in [5.41, 5.74) is 2.79. The van der Waals surface area contributed by atoms with Gasteiger partial charge < -0.3 is 25.0 Å². The van der Waals surface area contributed by atoms with Gasteiger partial charge in [0.2, 0.25) is 0 Å². The quantitative estimate of drug-likeness (QED) is 0.284. The number of nitrogens with zero attached hydrogens (tertiary/aromatic N) is 1. The van der Waals surface area contributed by atoms with E-state index < -0.39 is 18.3 Å². The summed E-state index contributed by atoms with van der Waals surface area (Å²) in [5.74, 6) is 0.764. The van der Waals surface area contributed by atoms with Crippen LogP contribution in [0.15, 0.2) is 97.1 Å². The number of hydrogen-bond acceptors (Lipinski definition) is 6. The molecule has 0 spiro atoms. The predicted molar refractivity (Wildman–Crippen MR) is 148 cm³/mol. The molecule has 0 amide bonds. The number of aliphatic hydroxyl groups is 2. The molecule has 4 aromatic rings. The lowest BCUT2D eigenvalue weighted by Gasteiger charge is -2.31. The van der Waals surface area contributed by atoms with Crippen LogP contribution in [0.25, 0.3) is 22.5 Å². The van der Waals surface area contributed by atoms with Crippen molar-refractivity contribution in [1.29, 1.82) is 0 Å². The highest BCUT2D eigenvalue weighted by atomic mass is 16.5. The second kappa shape index (κ2) is 12.2. The summed E-state index contributed by atoms with van der Waals surface area (Å²) in [5, 5.41) is 37.1. The molecule has 4 N–H and O–H groups in total. The molecule has 3 aromatic carbocycles. The number of para-hydroxylation sites is 1. The maximum atomic E-state index is 9.44. The van der Waals surface area contributed by atoms with E-state index in [0.717, 1.165) is 33.8 Å². The first-order valence-electron chi connectivity index (χ1n) is 12.1. The highest BCUT2D eigenvalue weighted by Gasteiger charge is 2.31. The van der Waals surface area contributed by atoms with Crippen molar-refractivity contribution in [2.45, 2.75) is 45.5 Å². The summed E-state index contributed by atoms with van der Waals surface area (Å²) in [6.07, 6.45) is 0. The third-order valence-electron chi connectivity index (χ3n) is 6.13. The fourth-order valence-corrected chi connectivity index (χ4v) is 3.14. The first kappa shape index (κ1) is 28.1. The minimum Gasteiger partial charge on any atom is -0.488 e. The van der Waals surface area contributed by atoms with Crippen LogP contribution in [-0.4, -0.2) is 43.6 Å². The van der Waals surface area contributed by atoms with E-state index in [2.05, 4.69) is 0 Å². The normalized spacial score (nSPS) is 11.4. The fraction of sp³-hybridized carbons (Fsp3) is 0.233. The molecule has 0 bridgehead atoms. The molecule has 0 aliphatic heterocycles. The van der Waals surface area contributed by atoms with E-state index in [9.17, 15) is 10.0 Å². The highest BCUT2D eigenvalue weighted by Crippen LogP contribution is 2.30. The third kappa shape index (κ3) is 8.00. The molecule has 0 aliphatic carbocycles. The monoisotopic (exact) mass is 499 g/mol. The molecule has 1 aromatic heterocycles. The summed E-state index contributed by atoms with van der Waals surface area (Å²) in [4.78, 5) is 4.79. The van der Waals surface area contributed by atoms with Crippen LogP contribution in [-0.2, 0) is 6.61 Å². The van der Waals surface area contributed by atoms with Crippen molar-refractivity contribution >= 4 is 12.6 Å². The molecule has 0 fully saturated rings. The maximum Gasteiger partial charge on any atom is 0.488 e. The van der Waals surface area contributed by atoms with Crippen LogP contribution >= 0.6 is 0 Å². The highest BCUT2D eigenvalue weighted by molar-refractivity contribution is 6.58. The summed E-state index contributed by atoms with van der Waals surface area (Å²) >= 11 is 0. The number of ether oxygens (including phenoxy) is 1. The average molecular weight is 499 g/mol. The Morgan fingerprint density at radius 3 is 1.95 bits per heavy atom. The number of aromatic nitrogens is 1. The van der Waals surface area contributed by atoms with E-state index in [1.165, 1.54) is 0 Å². The summed E-state index contributed by atoms with van der Waals surface area (Å²) < 4.78 is 6.07. The van der Waals surface area contributed by atoms with Gasteiger partial charge in [0.1, 0.15) is 12.4 Å². The van der Waals surface area contributed by atoms with Gasteiger partial charge in [-0.05, 0) is 68.6 Å². The number of hydrogen-bond donors (Lipinski definition) is 4. The zero-order valence-corrected chi connectivity index (χ0v) is 21.7. The summed E-state index contributed by atoms with van der Waals surface area (Å²) in [6, 6.07) is 30.7. The molecule has 0 unspecified atom stereocenters. The van der Waals surface area contributed by atoms with Crippen LogP contribution < -0.4 is 10.2 Å². The summed E-state index contributed by atoms with van der Waals surface area (Å²) in [7, 11) is -1.51. The Morgan fingerprint density at radius 1 is 0.703 bits per heavy atom. The van der Waals surface area contributed by atoms with E-state index in [0.29, 0.717) is 12.1 Å². The van der Waals surface area contributed by atoms with Gasteiger partial charge in [-0.15, -0.1) is 0 Å². The molecule has 4 rings (SSSR count). The second-order valence-corrected chi connectivity index (χ2v) is 9.80. The Hall–Kier alpha value is -3.49. The van der Waals surface area contributed by atoms with Crippen LogP contribution in [0.3, 0.4) is 0 Å². The van der Waals surface area contributed by atoms with Crippen LogP contribution in [0.2, 0.25) is 0 Å². The minimum atomic E-state index is -1.51. The average Bonchev–Trinajstić information content (AvgIpc) is 2.87. The van der Waals surface area contributed by atoms with Crippen molar-refractivity contribution < 1.29 is 25.0 Å². The number of rotatable bonds is 7. The first-order valence-corrected chi connectivity index (χ1v) is 12.1. The van der Waals surface area contributed by atoms with E-state index in [1.807, 2.05) is 78.9 Å². The van der Waals surface area contributed by atoms with Crippen LogP contribution in [0.5, 0.6) is 5.75 Å². The Bertz CT molecular complexity index is 1270. The van der Waals surface area contributed by atoms with E-state index in [1.54, 1.807) is 45.9 Å². The molecule has 6 nitrogen and oxygen atoms in total. The SMILES string of the molecule is CC(C)(O)C(C)(C)O.OB(O)c1cccc(-c2cccc(-c3ccccc3OCc3ccccc3)n2)c1. The molecule has 1 heterocycles. The van der Waals surface area contributed by atoms with Crippen molar-refractivity contribution in [2.75, 3.05) is 0 Å². The predicted octanol–water partition coefficient (Wildman–Crippen LogP) is 4.20. The van der Waals surface area contributed by atoms with E-state index >= 15 is 0 Å². The molecule has 0 radical (unpaired) electrons. The molecule has 0 saturated heterocycles. The van der Waals surface area contributed by atoms with Gasteiger partial charge in [0, 0.05) is 5.56 Å². The van der Waals surface area contributed by atoms with Gasteiger partial charge >= 0.3 is 7.12 Å².